The number of hydrogen-bond donors (Lipinski definition) is 2. The van der Waals surface area contributed by atoms with Crippen molar-refractivity contribution in [2.24, 2.45) is 0 Å². The summed E-state index contributed by atoms with van der Waals surface area (Å²) in [6, 6.07) is 0.897. The van der Waals surface area contributed by atoms with Crippen LogP contribution in [0.4, 0.5) is 0 Å². The van der Waals surface area contributed by atoms with Gasteiger partial charge in [-0.2, -0.15) is 0 Å². The monoisotopic (exact) mass is 282 g/mol. The third kappa shape index (κ3) is 2.76. The zero-order chi connectivity index (χ0) is 14.0. The molecule has 1 aliphatic rings. The first-order valence-electron chi connectivity index (χ1n) is 5.85. The highest BCUT2D eigenvalue weighted by Crippen LogP contribution is 2.21. The molecule has 2 rings (SSSR count). The molecule has 0 bridgehead atoms. The van der Waals surface area contributed by atoms with Gasteiger partial charge < -0.3 is 15.3 Å². The Balaban J connectivity index is 2.25. The van der Waals surface area contributed by atoms with Gasteiger partial charge in [-0.3, -0.25) is 14.4 Å². The van der Waals surface area contributed by atoms with Gasteiger partial charge in [0.2, 0.25) is 5.91 Å². The fraction of sp³-hybridized carbons (Fsp3) is 0.417. The Labute approximate surface area is 114 Å². The summed E-state index contributed by atoms with van der Waals surface area (Å²) in [6.07, 6.45) is -0.373. The minimum atomic E-state index is -1.09. The molecule has 1 aromatic rings. The minimum Gasteiger partial charge on any atom is -0.481 e. The van der Waals surface area contributed by atoms with E-state index in [1.54, 1.807) is 5.38 Å². The Bertz CT molecular complexity index is 526. The van der Waals surface area contributed by atoms with Crippen molar-refractivity contribution in [2.45, 2.75) is 19.4 Å². The van der Waals surface area contributed by atoms with Gasteiger partial charge in [-0.15, -0.1) is 11.3 Å². The molecule has 0 saturated carbocycles. The van der Waals surface area contributed by atoms with E-state index in [0.717, 1.165) is 5.56 Å². The fourth-order valence-electron chi connectivity index (χ4n) is 2.05. The van der Waals surface area contributed by atoms with Gasteiger partial charge in [-0.25, -0.2) is 0 Å². The normalized spacial score (nSPS) is 19.1. The lowest BCUT2D eigenvalue weighted by Gasteiger charge is -2.34. The first-order valence-corrected chi connectivity index (χ1v) is 6.73. The highest BCUT2D eigenvalue weighted by molar-refractivity contribution is 7.12. The largest absolute Gasteiger partial charge is 0.481 e. The fourth-order valence-corrected chi connectivity index (χ4v) is 2.93. The summed E-state index contributed by atoms with van der Waals surface area (Å²) in [5, 5.41) is 13.2. The number of aliphatic carboxylic acids is 1. The van der Waals surface area contributed by atoms with Gasteiger partial charge in [0.25, 0.3) is 5.91 Å². The van der Waals surface area contributed by atoms with Crippen LogP contribution < -0.4 is 5.32 Å². The van der Waals surface area contributed by atoms with Gasteiger partial charge in [-0.1, -0.05) is 0 Å². The molecule has 102 valence electrons. The molecule has 1 fully saturated rings. The quantitative estimate of drug-likeness (QED) is 0.844. The molecule has 0 aliphatic carbocycles. The minimum absolute atomic E-state index is 0.270. The van der Waals surface area contributed by atoms with E-state index >= 15 is 0 Å². The number of hydrogen-bond acceptors (Lipinski definition) is 4. The van der Waals surface area contributed by atoms with E-state index in [2.05, 4.69) is 5.32 Å². The second kappa shape index (κ2) is 5.40. The zero-order valence-electron chi connectivity index (χ0n) is 10.4. The van der Waals surface area contributed by atoms with Gasteiger partial charge in [0.05, 0.1) is 11.3 Å². The zero-order valence-corrected chi connectivity index (χ0v) is 11.2. The second-order valence-corrected chi connectivity index (χ2v) is 5.25. The summed E-state index contributed by atoms with van der Waals surface area (Å²) in [4.78, 5) is 36.8. The molecule has 0 aromatic carbocycles. The van der Waals surface area contributed by atoms with Crippen LogP contribution in [-0.2, 0) is 9.59 Å². The summed E-state index contributed by atoms with van der Waals surface area (Å²) >= 11 is 1.30. The first kappa shape index (κ1) is 13.5. The van der Waals surface area contributed by atoms with Crippen LogP contribution in [0.3, 0.4) is 0 Å². The van der Waals surface area contributed by atoms with Crippen molar-refractivity contribution in [3.05, 3.63) is 21.9 Å². The number of piperazine rings is 1. The van der Waals surface area contributed by atoms with E-state index in [-0.39, 0.29) is 12.3 Å². The lowest BCUT2D eigenvalue weighted by molar-refractivity contribution is -0.142. The van der Waals surface area contributed by atoms with Crippen LogP contribution in [0.5, 0.6) is 0 Å². The van der Waals surface area contributed by atoms with Crippen LogP contribution >= 0.6 is 11.3 Å². The maximum Gasteiger partial charge on any atom is 0.305 e. The lowest BCUT2D eigenvalue weighted by Crippen LogP contribution is -2.57. The molecule has 1 aromatic heterocycles. The van der Waals surface area contributed by atoms with Gasteiger partial charge in [-0.05, 0) is 23.9 Å². The molecule has 1 aliphatic heterocycles. The summed E-state index contributed by atoms with van der Waals surface area (Å²) in [5.41, 5.74) is 0.843. The number of carboxylic acids is 1. The van der Waals surface area contributed by atoms with Crippen molar-refractivity contribution in [3.8, 4) is 0 Å². The number of aryl methyl sites for hydroxylation is 1. The molecular formula is C12H14N2O4S. The van der Waals surface area contributed by atoms with Gasteiger partial charge >= 0.3 is 5.97 Å². The number of carbonyl (C=O) groups excluding carboxylic acids is 2. The molecule has 6 nitrogen and oxygen atoms in total. The summed E-state index contributed by atoms with van der Waals surface area (Å²) in [5.74, 6) is -1.77. The maximum absolute atomic E-state index is 12.4. The Morgan fingerprint density at radius 1 is 1.58 bits per heavy atom. The average molecular weight is 282 g/mol. The third-order valence-corrected chi connectivity index (χ3v) is 4.02. The van der Waals surface area contributed by atoms with Crippen molar-refractivity contribution < 1.29 is 19.5 Å². The molecule has 0 spiro atoms. The van der Waals surface area contributed by atoms with Crippen molar-refractivity contribution in [1.82, 2.24) is 10.2 Å². The summed E-state index contributed by atoms with van der Waals surface area (Å²) in [6.45, 7) is 2.50. The van der Waals surface area contributed by atoms with Crippen LogP contribution in [0.15, 0.2) is 11.4 Å². The Kier molecular flexibility index (Phi) is 3.84. The predicted molar refractivity (Wildman–Crippen MR) is 69.1 cm³/mol. The van der Waals surface area contributed by atoms with E-state index in [0.29, 0.717) is 18.0 Å². The van der Waals surface area contributed by atoms with Crippen LogP contribution in [0.2, 0.25) is 0 Å². The van der Waals surface area contributed by atoms with E-state index in [1.807, 2.05) is 13.0 Å². The number of amides is 2. The van der Waals surface area contributed by atoms with Crippen molar-refractivity contribution in [3.63, 3.8) is 0 Å². The van der Waals surface area contributed by atoms with Crippen molar-refractivity contribution in [2.75, 3.05) is 13.1 Å². The number of nitrogens with one attached hydrogen (secondary N) is 1. The molecule has 2 N–H and O–H groups in total. The lowest BCUT2D eigenvalue weighted by atomic mass is 10.1. The third-order valence-electron chi connectivity index (χ3n) is 3.02. The topological polar surface area (TPSA) is 86.7 Å². The van der Waals surface area contributed by atoms with E-state index in [4.69, 9.17) is 5.11 Å². The number of thiophene rings is 1. The van der Waals surface area contributed by atoms with E-state index < -0.39 is 17.9 Å². The number of nitrogens with zero attached hydrogens (tertiary/aromatic N) is 1. The molecule has 2 heterocycles. The van der Waals surface area contributed by atoms with Crippen LogP contribution in [0, 0.1) is 6.92 Å². The average Bonchev–Trinajstić information content (AvgIpc) is 2.77. The van der Waals surface area contributed by atoms with E-state index in [1.165, 1.54) is 16.2 Å². The molecule has 7 heteroatoms. The summed E-state index contributed by atoms with van der Waals surface area (Å²) in [7, 11) is 0. The summed E-state index contributed by atoms with van der Waals surface area (Å²) < 4.78 is 0. The van der Waals surface area contributed by atoms with Crippen LogP contribution in [0.25, 0.3) is 0 Å². The Morgan fingerprint density at radius 3 is 2.89 bits per heavy atom. The highest BCUT2D eigenvalue weighted by Gasteiger charge is 2.35. The maximum atomic E-state index is 12.4. The van der Waals surface area contributed by atoms with Crippen molar-refractivity contribution >= 4 is 29.1 Å². The molecular weight excluding hydrogens is 268 g/mol. The van der Waals surface area contributed by atoms with E-state index in [9.17, 15) is 14.4 Å². The Hall–Kier alpha value is -1.89. The number of carbonyl (C=O) groups is 3. The number of rotatable bonds is 3. The van der Waals surface area contributed by atoms with Gasteiger partial charge in [0.15, 0.2) is 0 Å². The molecule has 1 unspecified atom stereocenters. The molecule has 1 atom stereocenters. The predicted octanol–water partition coefficient (Wildman–Crippen LogP) is 0.472. The SMILES string of the molecule is Cc1ccsc1C(=O)N1CCNC(=O)C1CC(=O)O. The first-order chi connectivity index (χ1) is 9.00. The highest BCUT2D eigenvalue weighted by atomic mass is 32.1. The molecule has 1 saturated heterocycles. The second-order valence-electron chi connectivity index (χ2n) is 4.34. The van der Waals surface area contributed by atoms with Crippen molar-refractivity contribution in [1.29, 1.82) is 0 Å². The Morgan fingerprint density at radius 2 is 2.32 bits per heavy atom. The van der Waals surface area contributed by atoms with Crippen LogP contribution in [-0.4, -0.2) is 46.9 Å². The van der Waals surface area contributed by atoms with Crippen LogP contribution in [0.1, 0.15) is 21.7 Å². The smallest absolute Gasteiger partial charge is 0.305 e. The van der Waals surface area contributed by atoms with Gasteiger partial charge in [0.1, 0.15) is 6.04 Å². The molecule has 19 heavy (non-hydrogen) atoms. The number of carboxylic acid groups (broad SMARTS) is 1. The van der Waals surface area contributed by atoms with Gasteiger partial charge in [0, 0.05) is 13.1 Å². The standard InChI is InChI=1S/C12H14N2O4S/c1-7-2-5-19-10(7)12(18)14-4-3-13-11(17)8(14)6-9(15)16/h2,5,8H,3-4,6H2,1H3,(H,13,17)(H,15,16). The molecule has 0 radical (unpaired) electrons. The molecule has 2 amide bonds.